The summed E-state index contributed by atoms with van der Waals surface area (Å²) < 4.78 is 0. The number of hydrogen-bond acceptors (Lipinski definition) is 0. The molecular weight excluding hydrogens is 91.0 g/mol. The maximum Gasteiger partial charge on any atom is -0.0265 e. The molecule has 0 spiro atoms. The van der Waals surface area contributed by atoms with Crippen LogP contribution in [-0.4, -0.2) is 11.8 Å². The lowest BCUT2D eigenvalue weighted by molar-refractivity contribution is 0.837. The van der Waals surface area contributed by atoms with Gasteiger partial charge in [-0.3, -0.25) is 0 Å². The molecule has 0 aliphatic carbocycles. The Morgan fingerprint density at radius 1 is 1.67 bits per heavy atom. The van der Waals surface area contributed by atoms with Crippen molar-refractivity contribution in [2.45, 2.75) is 25.4 Å². The Balaban J connectivity index is 2.18. The van der Waals surface area contributed by atoms with E-state index in [-0.39, 0.29) is 0 Å². The SMILES string of the molecule is C[C@H]1CCCP1. The van der Waals surface area contributed by atoms with Crippen LogP contribution < -0.4 is 0 Å². The zero-order valence-electron chi connectivity index (χ0n) is 4.20. The summed E-state index contributed by atoms with van der Waals surface area (Å²) in [6.07, 6.45) is 4.51. The van der Waals surface area contributed by atoms with E-state index in [4.69, 9.17) is 0 Å². The molecule has 1 unspecified atom stereocenters. The molecule has 0 amide bonds. The van der Waals surface area contributed by atoms with Crippen molar-refractivity contribution in [3.8, 4) is 0 Å². The Bertz CT molecular complexity index is 37.2. The average Bonchev–Trinajstić information content (AvgIpc) is 1.86. The van der Waals surface area contributed by atoms with Gasteiger partial charge in [-0.1, -0.05) is 6.92 Å². The van der Waals surface area contributed by atoms with E-state index in [2.05, 4.69) is 6.92 Å². The van der Waals surface area contributed by atoms with Gasteiger partial charge in [0.2, 0.25) is 0 Å². The van der Waals surface area contributed by atoms with E-state index in [1.807, 2.05) is 0 Å². The summed E-state index contributed by atoms with van der Waals surface area (Å²) in [6, 6.07) is 0. The van der Waals surface area contributed by atoms with E-state index < -0.39 is 0 Å². The van der Waals surface area contributed by atoms with Gasteiger partial charge in [0.25, 0.3) is 0 Å². The van der Waals surface area contributed by atoms with Crippen molar-refractivity contribution in [2.24, 2.45) is 0 Å². The zero-order chi connectivity index (χ0) is 4.41. The maximum absolute atomic E-state index is 2.35. The molecule has 36 valence electrons. The summed E-state index contributed by atoms with van der Waals surface area (Å²) in [5.41, 5.74) is 1.07. The van der Waals surface area contributed by atoms with Crippen molar-refractivity contribution in [3.63, 3.8) is 0 Å². The maximum atomic E-state index is 2.35. The van der Waals surface area contributed by atoms with Gasteiger partial charge in [0.05, 0.1) is 0 Å². The quantitative estimate of drug-likeness (QED) is 0.409. The molecule has 1 rings (SSSR count). The van der Waals surface area contributed by atoms with Crippen molar-refractivity contribution >= 4 is 8.58 Å². The zero-order valence-corrected chi connectivity index (χ0v) is 5.20. The van der Waals surface area contributed by atoms with Crippen LogP contribution in [-0.2, 0) is 0 Å². The molecule has 2 atom stereocenters. The van der Waals surface area contributed by atoms with E-state index >= 15 is 0 Å². The van der Waals surface area contributed by atoms with Crippen LogP contribution in [0.4, 0.5) is 0 Å². The second kappa shape index (κ2) is 1.93. The highest BCUT2D eigenvalue weighted by atomic mass is 31.1. The summed E-state index contributed by atoms with van der Waals surface area (Å²) in [5, 5.41) is 0. The molecule has 0 radical (unpaired) electrons. The van der Waals surface area contributed by atoms with Gasteiger partial charge in [0.15, 0.2) is 0 Å². The van der Waals surface area contributed by atoms with Gasteiger partial charge in [-0.15, -0.1) is 8.58 Å². The Hall–Kier alpha value is 0.430. The summed E-state index contributed by atoms with van der Waals surface area (Å²) in [6.45, 7) is 2.35. The normalized spacial score (nSPS) is 38.5. The third-order valence-corrected chi connectivity index (χ3v) is 2.93. The van der Waals surface area contributed by atoms with Gasteiger partial charge in [-0.05, 0) is 24.7 Å². The Morgan fingerprint density at radius 3 is 2.67 bits per heavy atom. The second-order valence-electron chi connectivity index (χ2n) is 2.00. The smallest absolute Gasteiger partial charge is 0.0265 e. The van der Waals surface area contributed by atoms with Gasteiger partial charge < -0.3 is 0 Å². The Morgan fingerprint density at radius 2 is 2.50 bits per heavy atom. The molecular formula is C5H11P. The highest BCUT2D eigenvalue weighted by molar-refractivity contribution is 7.39. The Labute approximate surface area is 41.1 Å². The van der Waals surface area contributed by atoms with Gasteiger partial charge in [-0.25, -0.2) is 0 Å². The first-order valence-electron chi connectivity index (χ1n) is 2.63. The minimum Gasteiger partial charge on any atom is -0.119 e. The van der Waals surface area contributed by atoms with Gasteiger partial charge >= 0.3 is 0 Å². The van der Waals surface area contributed by atoms with Crippen molar-refractivity contribution < 1.29 is 0 Å². The Kier molecular flexibility index (Phi) is 1.48. The van der Waals surface area contributed by atoms with E-state index in [9.17, 15) is 0 Å². The molecule has 6 heavy (non-hydrogen) atoms. The molecule has 1 heterocycles. The minimum absolute atomic E-state index is 1.07. The van der Waals surface area contributed by atoms with Crippen LogP contribution in [0.3, 0.4) is 0 Å². The number of rotatable bonds is 0. The fraction of sp³-hybridized carbons (Fsp3) is 1.00. The summed E-state index contributed by atoms with van der Waals surface area (Å²) in [5.74, 6) is 0. The lowest BCUT2D eigenvalue weighted by Crippen LogP contribution is -1.80. The topological polar surface area (TPSA) is 0 Å². The summed E-state index contributed by atoms with van der Waals surface area (Å²) in [7, 11) is 1.28. The van der Waals surface area contributed by atoms with E-state index in [1.165, 1.54) is 27.6 Å². The van der Waals surface area contributed by atoms with Crippen LogP contribution in [0.15, 0.2) is 0 Å². The monoisotopic (exact) mass is 102 g/mol. The minimum atomic E-state index is 1.07. The first-order chi connectivity index (χ1) is 2.89. The van der Waals surface area contributed by atoms with Crippen LogP contribution in [0.5, 0.6) is 0 Å². The van der Waals surface area contributed by atoms with Crippen molar-refractivity contribution in [1.29, 1.82) is 0 Å². The van der Waals surface area contributed by atoms with Crippen LogP contribution in [0, 0.1) is 0 Å². The lowest BCUT2D eigenvalue weighted by atomic mass is 10.3. The second-order valence-corrected chi connectivity index (χ2v) is 3.89. The molecule has 0 aromatic carbocycles. The standard InChI is InChI=1S/C5H11P/c1-5-3-2-4-6-5/h5-6H,2-4H2,1H3/t5-/m0/s1. The molecule has 1 saturated heterocycles. The van der Waals surface area contributed by atoms with Crippen molar-refractivity contribution in [3.05, 3.63) is 0 Å². The fourth-order valence-electron chi connectivity index (χ4n) is 0.859. The van der Waals surface area contributed by atoms with E-state index in [0.29, 0.717) is 0 Å². The fourth-order valence-corrected chi connectivity index (χ4v) is 2.17. The van der Waals surface area contributed by atoms with Gasteiger partial charge in [0, 0.05) is 0 Å². The number of hydrogen-bond donors (Lipinski definition) is 0. The van der Waals surface area contributed by atoms with Crippen LogP contribution in [0.25, 0.3) is 0 Å². The molecule has 0 saturated carbocycles. The van der Waals surface area contributed by atoms with E-state index in [1.54, 1.807) is 0 Å². The first-order valence-corrected chi connectivity index (χ1v) is 3.91. The molecule has 0 N–H and O–H groups in total. The molecule has 1 aliphatic heterocycles. The lowest BCUT2D eigenvalue weighted by Gasteiger charge is -1.91. The predicted octanol–water partition coefficient (Wildman–Crippen LogP) is 1.85. The highest BCUT2D eigenvalue weighted by Gasteiger charge is 2.06. The first kappa shape index (κ1) is 4.59. The third kappa shape index (κ3) is 0.944. The predicted molar refractivity (Wildman–Crippen MR) is 31.9 cm³/mol. The van der Waals surface area contributed by atoms with Crippen molar-refractivity contribution in [1.82, 2.24) is 0 Å². The molecule has 1 fully saturated rings. The third-order valence-electron chi connectivity index (χ3n) is 1.31. The molecule has 0 nitrogen and oxygen atoms in total. The summed E-state index contributed by atoms with van der Waals surface area (Å²) in [4.78, 5) is 0. The van der Waals surface area contributed by atoms with E-state index in [0.717, 1.165) is 5.66 Å². The van der Waals surface area contributed by atoms with Crippen LogP contribution >= 0.6 is 8.58 Å². The molecule has 1 aliphatic rings. The van der Waals surface area contributed by atoms with Crippen LogP contribution in [0.2, 0.25) is 0 Å². The molecule has 1 heteroatoms. The summed E-state index contributed by atoms with van der Waals surface area (Å²) >= 11 is 0. The van der Waals surface area contributed by atoms with Crippen LogP contribution in [0.1, 0.15) is 19.8 Å². The largest absolute Gasteiger partial charge is 0.119 e. The van der Waals surface area contributed by atoms with Gasteiger partial charge in [-0.2, -0.15) is 0 Å². The van der Waals surface area contributed by atoms with Crippen molar-refractivity contribution in [2.75, 3.05) is 6.16 Å². The molecule has 0 aromatic heterocycles. The molecule has 0 aromatic rings. The molecule has 0 bridgehead atoms. The highest BCUT2D eigenvalue weighted by Crippen LogP contribution is 2.31. The average molecular weight is 102 g/mol. The van der Waals surface area contributed by atoms with Gasteiger partial charge in [0.1, 0.15) is 0 Å².